The number of carboxylic acids is 1. The van der Waals surface area contributed by atoms with Crippen LogP contribution in [0, 0.1) is 0 Å². The van der Waals surface area contributed by atoms with E-state index in [1.54, 1.807) is 30.0 Å². The van der Waals surface area contributed by atoms with Crippen molar-refractivity contribution in [3.63, 3.8) is 0 Å². The molecule has 0 saturated carbocycles. The van der Waals surface area contributed by atoms with Crippen LogP contribution in [-0.4, -0.2) is 16.8 Å². The maximum Gasteiger partial charge on any atom is 0.335 e. The molecule has 0 fully saturated rings. The lowest BCUT2D eigenvalue weighted by atomic mass is 10.2. The van der Waals surface area contributed by atoms with Crippen LogP contribution in [-0.2, 0) is 0 Å². The second kappa shape index (κ2) is 5.61. The zero-order valence-electron chi connectivity index (χ0n) is 8.86. The van der Waals surface area contributed by atoms with Crippen molar-refractivity contribution >= 4 is 17.7 Å². The number of thioether (sulfide) groups is 1. The van der Waals surface area contributed by atoms with Gasteiger partial charge in [-0.2, -0.15) is 0 Å². The van der Waals surface area contributed by atoms with Crippen LogP contribution in [0.4, 0.5) is 0 Å². The van der Waals surface area contributed by atoms with E-state index in [9.17, 15) is 4.79 Å². The van der Waals surface area contributed by atoms with Gasteiger partial charge in [0.1, 0.15) is 0 Å². The van der Waals surface area contributed by atoms with Gasteiger partial charge < -0.3 is 5.11 Å². The third-order valence-electron chi connectivity index (χ3n) is 1.82. The first-order valence-electron chi connectivity index (χ1n) is 4.69. The molecule has 1 aromatic carbocycles. The van der Waals surface area contributed by atoms with Crippen molar-refractivity contribution in [2.75, 3.05) is 5.75 Å². The molecule has 15 heavy (non-hydrogen) atoms. The minimum atomic E-state index is -0.875. The van der Waals surface area contributed by atoms with Gasteiger partial charge in [-0.25, -0.2) is 4.79 Å². The molecule has 0 atom stereocenters. The highest BCUT2D eigenvalue weighted by molar-refractivity contribution is 7.99. The van der Waals surface area contributed by atoms with Crippen LogP contribution in [0.2, 0.25) is 0 Å². The molecule has 1 rings (SSSR count). The van der Waals surface area contributed by atoms with Gasteiger partial charge in [-0.15, -0.1) is 11.8 Å². The summed E-state index contributed by atoms with van der Waals surface area (Å²) in [6.07, 6.45) is 2.12. The molecule has 3 heteroatoms. The van der Waals surface area contributed by atoms with E-state index in [0.717, 1.165) is 10.6 Å². The van der Waals surface area contributed by atoms with Crippen molar-refractivity contribution in [1.82, 2.24) is 0 Å². The van der Waals surface area contributed by atoms with Crippen molar-refractivity contribution in [2.24, 2.45) is 0 Å². The van der Waals surface area contributed by atoms with Crippen molar-refractivity contribution in [3.8, 4) is 0 Å². The van der Waals surface area contributed by atoms with Crippen molar-refractivity contribution in [2.45, 2.75) is 18.7 Å². The number of carbonyl (C=O) groups is 1. The number of rotatable bonds is 4. The second-order valence-electron chi connectivity index (χ2n) is 3.43. The van der Waals surface area contributed by atoms with Crippen molar-refractivity contribution in [1.29, 1.82) is 0 Å². The maximum atomic E-state index is 10.7. The average Bonchev–Trinajstić information content (AvgIpc) is 2.17. The van der Waals surface area contributed by atoms with Gasteiger partial charge in [0.2, 0.25) is 0 Å². The van der Waals surface area contributed by atoms with E-state index < -0.39 is 5.97 Å². The first-order chi connectivity index (χ1) is 7.09. The van der Waals surface area contributed by atoms with E-state index in [4.69, 9.17) is 5.11 Å². The van der Waals surface area contributed by atoms with Gasteiger partial charge >= 0.3 is 5.97 Å². The van der Waals surface area contributed by atoms with E-state index in [-0.39, 0.29) is 0 Å². The number of hydrogen-bond acceptors (Lipinski definition) is 2. The number of benzene rings is 1. The summed E-state index contributed by atoms with van der Waals surface area (Å²) in [4.78, 5) is 11.7. The summed E-state index contributed by atoms with van der Waals surface area (Å²) in [6.45, 7) is 4.10. The minimum absolute atomic E-state index is 0.345. The van der Waals surface area contributed by atoms with Crippen LogP contribution in [0.15, 0.2) is 40.8 Å². The first kappa shape index (κ1) is 11.9. The van der Waals surface area contributed by atoms with E-state index in [0.29, 0.717) is 5.56 Å². The molecule has 0 aliphatic heterocycles. The molecule has 0 saturated heterocycles. The Balaban J connectivity index is 2.66. The SMILES string of the molecule is CC(C)=CCSc1cccc(C(=O)O)c1. The minimum Gasteiger partial charge on any atom is -0.478 e. The van der Waals surface area contributed by atoms with E-state index in [1.165, 1.54) is 5.57 Å². The zero-order valence-corrected chi connectivity index (χ0v) is 9.67. The zero-order chi connectivity index (χ0) is 11.3. The van der Waals surface area contributed by atoms with Crippen LogP contribution >= 0.6 is 11.8 Å². The molecule has 80 valence electrons. The van der Waals surface area contributed by atoms with Gasteiger partial charge in [-0.3, -0.25) is 0 Å². The Labute approximate surface area is 94.0 Å². The van der Waals surface area contributed by atoms with Gasteiger partial charge in [-0.05, 0) is 32.0 Å². The molecule has 1 aromatic rings. The molecule has 1 N–H and O–H groups in total. The molecule has 0 amide bonds. The molecule has 0 aromatic heterocycles. The standard InChI is InChI=1S/C12H14O2S/c1-9(2)6-7-15-11-5-3-4-10(8-11)12(13)14/h3-6,8H,7H2,1-2H3,(H,13,14). The molecule has 0 heterocycles. The summed E-state index contributed by atoms with van der Waals surface area (Å²) < 4.78 is 0. The molecule has 0 radical (unpaired) electrons. The Bertz CT molecular complexity index is 379. The molecule has 0 unspecified atom stereocenters. The largest absolute Gasteiger partial charge is 0.478 e. The molecular weight excluding hydrogens is 208 g/mol. The third-order valence-corrected chi connectivity index (χ3v) is 2.74. The van der Waals surface area contributed by atoms with Gasteiger partial charge in [0.05, 0.1) is 5.56 Å². The lowest BCUT2D eigenvalue weighted by Gasteiger charge is -2.00. The van der Waals surface area contributed by atoms with Gasteiger partial charge in [0.25, 0.3) is 0 Å². The summed E-state index contributed by atoms with van der Waals surface area (Å²) in [6, 6.07) is 7.00. The summed E-state index contributed by atoms with van der Waals surface area (Å²) >= 11 is 1.64. The Morgan fingerprint density at radius 1 is 1.47 bits per heavy atom. The Hall–Kier alpha value is -1.22. The smallest absolute Gasteiger partial charge is 0.335 e. The van der Waals surface area contributed by atoms with Gasteiger partial charge in [0, 0.05) is 10.6 Å². The predicted molar refractivity (Wildman–Crippen MR) is 63.6 cm³/mol. The molecule has 0 aliphatic carbocycles. The number of aromatic carboxylic acids is 1. The number of carboxylic acid groups (broad SMARTS) is 1. The van der Waals surface area contributed by atoms with Crippen molar-refractivity contribution in [3.05, 3.63) is 41.5 Å². The van der Waals surface area contributed by atoms with E-state index in [1.807, 2.05) is 19.9 Å². The normalized spacial score (nSPS) is 9.73. The van der Waals surface area contributed by atoms with Gasteiger partial charge in [-0.1, -0.05) is 17.7 Å². The lowest BCUT2D eigenvalue weighted by molar-refractivity contribution is 0.0696. The highest BCUT2D eigenvalue weighted by atomic mass is 32.2. The van der Waals surface area contributed by atoms with Gasteiger partial charge in [0.15, 0.2) is 0 Å². The highest BCUT2D eigenvalue weighted by Gasteiger charge is 2.02. The summed E-state index contributed by atoms with van der Waals surface area (Å²) in [7, 11) is 0. The molecule has 2 nitrogen and oxygen atoms in total. The summed E-state index contributed by atoms with van der Waals surface area (Å²) in [5.74, 6) is 0.00505. The predicted octanol–water partition coefficient (Wildman–Crippen LogP) is 3.44. The highest BCUT2D eigenvalue weighted by Crippen LogP contribution is 2.19. The number of hydrogen-bond donors (Lipinski definition) is 1. The fourth-order valence-corrected chi connectivity index (χ4v) is 2.02. The van der Waals surface area contributed by atoms with E-state index in [2.05, 4.69) is 6.08 Å². The molecule has 0 bridgehead atoms. The van der Waals surface area contributed by atoms with Crippen LogP contribution in [0.3, 0.4) is 0 Å². The Kier molecular flexibility index (Phi) is 4.43. The van der Waals surface area contributed by atoms with Crippen molar-refractivity contribution < 1.29 is 9.90 Å². The molecule has 0 spiro atoms. The van der Waals surface area contributed by atoms with Crippen LogP contribution in [0.1, 0.15) is 24.2 Å². The monoisotopic (exact) mass is 222 g/mol. The topological polar surface area (TPSA) is 37.3 Å². The van der Waals surface area contributed by atoms with Crippen LogP contribution in [0.25, 0.3) is 0 Å². The fraction of sp³-hybridized carbons (Fsp3) is 0.250. The summed E-state index contributed by atoms with van der Waals surface area (Å²) in [5, 5.41) is 8.80. The summed E-state index contributed by atoms with van der Waals surface area (Å²) in [5.41, 5.74) is 1.62. The fourth-order valence-electron chi connectivity index (χ4n) is 1.02. The Morgan fingerprint density at radius 2 is 2.20 bits per heavy atom. The number of allylic oxidation sites excluding steroid dienone is 1. The van der Waals surface area contributed by atoms with Crippen LogP contribution < -0.4 is 0 Å². The second-order valence-corrected chi connectivity index (χ2v) is 4.52. The average molecular weight is 222 g/mol. The van der Waals surface area contributed by atoms with Crippen LogP contribution in [0.5, 0.6) is 0 Å². The molecule has 0 aliphatic rings. The lowest BCUT2D eigenvalue weighted by Crippen LogP contribution is -1.95. The first-order valence-corrected chi connectivity index (χ1v) is 5.67. The van der Waals surface area contributed by atoms with E-state index >= 15 is 0 Å². The Morgan fingerprint density at radius 3 is 2.80 bits per heavy atom. The quantitative estimate of drug-likeness (QED) is 0.626. The third kappa shape index (κ3) is 4.21. The molecular formula is C12H14O2S. The maximum absolute atomic E-state index is 10.7.